The van der Waals surface area contributed by atoms with Gasteiger partial charge < -0.3 is 10.1 Å². The van der Waals surface area contributed by atoms with Crippen LogP contribution >= 0.6 is 11.8 Å². The van der Waals surface area contributed by atoms with Gasteiger partial charge in [0.2, 0.25) is 0 Å². The van der Waals surface area contributed by atoms with Crippen LogP contribution in [0.1, 0.15) is 51.3 Å². The summed E-state index contributed by atoms with van der Waals surface area (Å²) in [4.78, 5) is 0. The highest BCUT2D eigenvalue weighted by Gasteiger charge is 2.21. The maximum atomic E-state index is 5.27. The molecule has 0 aromatic heterocycles. The summed E-state index contributed by atoms with van der Waals surface area (Å²) in [6.45, 7) is 11.9. The van der Waals surface area contributed by atoms with E-state index in [1.54, 1.807) is 0 Å². The highest BCUT2D eigenvalue weighted by molar-refractivity contribution is 8.00. The maximum absolute atomic E-state index is 5.27. The molecule has 2 nitrogen and oxygen atoms in total. The van der Waals surface area contributed by atoms with Gasteiger partial charge in [0.05, 0.1) is 18.5 Å². The van der Waals surface area contributed by atoms with E-state index in [4.69, 9.17) is 4.74 Å². The second-order valence-electron chi connectivity index (χ2n) is 6.87. The first-order valence-corrected chi connectivity index (χ1v) is 9.08. The van der Waals surface area contributed by atoms with Gasteiger partial charge in [-0.2, -0.15) is 11.8 Å². The normalized spacial score (nSPS) is 17.5. The summed E-state index contributed by atoms with van der Waals surface area (Å²) >= 11 is 2.04. The molecule has 1 aliphatic heterocycles. The van der Waals surface area contributed by atoms with E-state index < -0.39 is 0 Å². The van der Waals surface area contributed by atoms with Gasteiger partial charge in [0.1, 0.15) is 0 Å². The molecule has 0 aliphatic carbocycles. The van der Waals surface area contributed by atoms with Crippen molar-refractivity contribution in [1.29, 1.82) is 0 Å². The number of nitrogens with one attached hydrogen (secondary N) is 1. The first-order chi connectivity index (χ1) is 10.0. The number of hydrogen-bond donors (Lipinski definition) is 1. The van der Waals surface area contributed by atoms with E-state index in [1.165, 1.54) is 17.5 Å². The molecule has 0 radical (unpaired) electrons. The Kier molecular flexibility index (Phi) is 6.15. The van der Waals surface area contributed by atoms with Crippen molar-refractivity contribution < 1.29 is 4.74 Å². The topological polar surface area (TPSA) is 21.3 Å². The van der Waals surface area contributed by atoms with Gasteiger partial charge in [0, 0.05) is 11.8 Å². The first kappa shape index (κ1) is 16.9. The van der Waals surface area contributed by atoms with Crippen molar-refractivity contribution in [2.24, 2.45) is 0 Å². The Morgan fingerprint density at radius 3 is 2.38 bits per heavy atom. The fraction of sp³-hybridized carbons (Fsp3) is 0.667. The monoisotopic (exact) mass is 307 g/mol. The van der Waals surface area contributed by atoms with Crippen molar-refractivity contribution in [2.75, 3.05) is 25.5 Å². The van der Waals surface area contributed by atoms with Gasteiger partial charge in [-0.05, 0) is 29.5 Å². The van der Waals surface area contributed by atoms with Crippen LogP contribution in [0.15, 0.2) is 24.3 Å². The van der Waals surface area contributed by atoms with E-state index in [1.807, 2.05) is 11.8 Å². The second kappa shape index (κ2) is 7.66. The molecule has 0 amide bonds. The highest BCUT2D eigenvalue weighted by atomic mass is 32.2. The molecular formula is C18H29NOS. The molecule has 1 atom stereocenters. The summed E-state index contributed by atoms with van der Waals surface area (Å²) < 4.78 is 5.27. The quantitative estimate of drug-likeness (QED) is 0.817. The number of benzene rings is 1. The molecule has 0 saturated carbocycles. The number of ether oxygens (including phenoxy) is 1. The molecule has 1 unspecified atom stereocenters. The third-order valence-corrected chi connectivity index (χ3v) is 5.20. The van der Waals surface area contributed by atoms with Crippen molar-refractivity contribution in [2.45, 2.75) is 50.8 Å². The van der Waals surface area contributed by atoms with Crippen LogP contribution in [0.25, 0.3) is 0 Å². The van der Waals surface area contributed by atoms with Crippen LogP contribution in [0.2, 0.25) is 0 Å². The lowest BCUT2D eigenvalue weighted by Crippen LogP contribution is -2.32. The molecule has 0 bridgehead atoms. The van der Waals surface area contributed by atoms with E-state index in [2.05, 4.69) is 57.3 Å². The molecule has 1 aliphatic rings. The van der Waals surface area contributed by atoms with Gasteiger partial charge in [0.25, 0.3) is 0 Å². The number of rotatable bonds is 7. The fourth-order valence-corrected chi connectivity index (χ4v) is 3.51. The lowest BCUT2D eigenvalue weighted by atomic mass is 9.86. The smallest absolute Gasteiger partial charge is 0.0607 e. The van der Waals surface area contributed by atoms with Crippen molar-refractivity contribution in [3.63, 3.8) is 0 Å². The SMILES string of the molecule is CCCNC(CSC1COC1)c1ccc(C(C)(C)C)cc1. The van der Waals surface area contributed by atoms with Crippen LogP contribution in [0, 0.1) is 0 Å². The minimum Gasteiger partial charge on any atom is -0.379 e. The number of thioether (sulfide) groups is 1. The summed E-state index contributed by atoms with van der Waals surface area (Å²) in [7, 11) is 0. The van der Waals surface area contributed by atoms with Gasteiger partial charge in [-0.3, -0.25) is 0 Å². The second-order valence-corrected chi connectivity index (χ2v) is 8.20. The molecule has 118 valence electrons. The Morgan fingerprint density at radius 2 is 1.90 bits per heavy atom. The van der Waals surface area contributed by atoms with E-state index in [-0.39, 0.29) is 5.41 Å². The van der Waals surface area contributed by atoms with Crippen LogP contribution in [0.5, 0.6) is 0 Å². The Labute approximate surface area is 134 Å². The summed E-state index contributed by atoms with van der Waals surface area (Å²) in [6.07, 6.45) is 1.17. The molecular weight excluding hydrogens is 278 g/mol. The molecule has 1 saturated heterocycles. The summed E-state index contributed by atoms with van der Waals surface area (Å²) in [5.41, 5.74) is 3.04. The largest absolute Gasteiger partial charge is 0.379 e. The van der Waals surface area contributed by atoms with Crippen LogP contribution in [-0.2, 0) is 10.2 Å². The predicted octanol–water partition coefficient (Wildman–Crippen LogP) is 4.16. The molecule has 3 heteroatoms. The molecule has 2 rings (SSSR count). The van der Waals surface area contributed by atoms with Crippen molar-refractivity contribution in [3.8, 4) is 0 Å². The Bertz CT molecular complexity index is 420. The van der Waals surface area contributed by atoms with Gasteiger partial charge in [-0.25, -0.2) is 0 Å². The van der Waals surface area contributed by atoms with Crippen LogP contribution in [0.3, 0.4) is 0 Å². The molecule has 1 N–H and O–H groups in total. The predicted molar refractivity (Wildman–Crippen MR) is 93.2 cm³/mol. The van der Waals surface area contributed by atoms with Gasteiger partial charge in [-0.1, -0.05) is 52.0 Å². The Hall–Kier alpha value is -0.510. The molecule has 1 aromatic carbocycles. The lowest BCUT2D eigenvalue weighted by Gasteiger charge is -2.28. The minimum absolute atomic E-state index is 0.225. The van der Waals surface area contributed by atoms with E-state index >= 15 is 0 Å². The van der Waals surface area contributed by atoms with Gasteiger partial charge in [-0.15, -0.1) is 0 Å². The lowest BCUT2D eigenvalue weighted by molar-refractivity contribution is 0.0455. The summed E-state index contributed by atoms with van der Waals surface area (Å²) in [5.74, 6) is 1.13. The highest BCUT2D eigenvalue weighted by Crippen LogP contribution is 2.27. The summed E-state index contributed by atoms with van der Waals surface area (Å²) in [6, 6.07) is 9.61. The fourth-order valence-electron chi connectivity index (χ4n) is 2.35. The van der Waals surface area contributed by atoms with Gasteiger partial charge in [0.15, 0.2) is 0 Å². The number of hydrogen-bond acceptors (Lipinski definition) is 3. The standard InChI is InChI=1S/C18H29NOS/c1-5-10-19-17(13-21-16-11-20-12-16)14-6-8-15(9-7-14)18(2,3)4/h6-9,16-17,19H,5,10-13H2,1-4H3. The molecule has 1 aromatic rings. The Morgan fingerprint density at radius 1 is 1.24 bits per heavy atom. The zero-order valence-corrected chi connectivity index (χ0v) is 14.6. The van der Waals surface area contributed by atoms with E-state index in [0.29, 0.717) is 11.3 Å². The molecule has 0 spiro atoms. The third-order valence-electron chi connectivity index (χ3n) is 3.93. The third kappa shape index (κ3) is 5.01. The summed E-state index contributed by atoms with van der Waals surface area (Å²) in [5, 5.41) is 4.38. The average molecular weight is 308 g/mol. The Balaban J connectivity index is 2.00. The zero-order valence-electron chi connectivity index (χ0n) is 13.8. The maximum Gasteiger partial charge on any atom is 0.0607 e. The van der Waals surface area contributed by atoms with E-state index in [0.717, 1.165) is 25.5 Å². The van der Waals surface area contributed by atoms with E-state index in [9.17, 15) is 0 Å². The zero-order chi connectivity index (χ0) is 15.3. The minimum atomic E-state index is 0.225. The average Bonchev–Trinajstić information content (AvgIpc) is 2.40. The first-order valence-electron chi connectivity index (χ1n) is 8.04. The van der Waals surface area contributed by atoms with Crippen LogP contribution < -0.4 is 5.32 Å². The van der Waals surface area contributed by atoms with Crippen LogP contribution in [0.4, 0.5) is 0 Å². The molecule has 1 heterocycles. The molecule has 1 fully saturated rings. The molecule has 21 heavy (non-hydrogen) atoms. The van der Waals surface area contributed by atoms with Crippen LogP contribution in [-0.4, -0.2) is 30.8 Å². The van der Waals surface area contributed by atoms with Crippen molar-refractivity contribution in [3.05, 3.63) is 35.4 Å². The van der Waals surface area contributed by atoms with Crippen molar-refractivity contribution in [1.82, 2.24) is 5.32 Å². The van der Waals surface area contributed by atoms with Crippen molar-refractivity contribution >= 4 is 11.8 Å². The van der Waals surface area contributed by atoms with Gasteiger partial charge >= 0.3 is 0 Å².